The first-order valence-corrected chi connectivity index (χ1v) is 22.2. The SMILES string of the molecule is CCCCCCCCCCCCC/C=C/[C@@H](O)[C@H](COP(=O)([O-])OCC[N+](C)(C)C)NC(=O)CCC/C=C\C/C=C\C/C=C\C/C=C\[C@H](O)CCCC. The Morgan fingerprint density at radius 2 is 1.23 bits per heavy atom. The molecule has 9 nitrogen and oxygen atoms in total. The third-order valence-corrected chi connectivity index (χ3v) is 9.76. The smallest absolute Gasteiger partial charge is 0.268 e. The molecule has 0 aromatic heterocycles. The zero-order valence-corrected chi connectivity index (χ0v) is 35.2. The van der Waals surface area contributed by atoms with Crippen LogP contribution in [0, 0.1) is 0 Å². The zero-order chi connectivity index (χ0) is 39.5. The average molecular weight is 767 g/mol. The molecule has 0 radical (unpaired) electrons. The van der Waals surface area contributed by atoms with Gasteiger partial charge in [-0.25, -0.2) is 0 Å². The Morgan fingerprint density at radius 3 is 1.81 bits per heavy atom. The van der Waals surface area contributed by atoms with Gasteiger partial charge in [0, 0.05) is 6.42 Å². The molecule has 0 rings (SSSR count). The van der Waals surface area contributed by atoms with Gasteiger partial charge in [0.25, 0.3) is 7.82 Å². The summed E-state index contributed by atoms with van der Waals surface area (Å²) in [4.78, 5) is 25.2. The van der Waals surface area contributed by atoms with E-state index in [-0.39, 0.29) is 25.0 Å². The van der Waals surface area contributed by atoms with E-state index in [1.54, 1.807) is 6.08 Å². The van der Waals surface area contributed by atoms with Crippen LogP contribution in [0.5, 0.6) is 0 Å². The van der Waals surface area contributed by atoms with Crippen LogP contribution in [0.15, 0.2) is 60.8 Å². The molecule has 0 spiro atoms. The molecular formula is C43H79N2O7P. The van der Waals surface area contributed by atoms with Gasteiger partial charge in [0.05, 0.1) is 46.0 Å². The van der Waals surface area contributed by atoms with Gasteiger partial charge in [-0.2, -0.15) is 0 Å². The van der Waals surface area contributed by atoms with Gasteiger partial charge in [0.1, 0.15) is 13.2 Å². The third-order valence-electron chi connectivity index (χ3n) is 8.79. The van der Waals surface area contributed by atoms with Crippen molar-refractivity contribution in [1.29, 1.82) is 0 Å². The number of hydrogen-bond donors (Lipinski definition) is 3. The fourth-order valence-electron chi connectivity index (χ4n) is 5.40. The van der Waals surface area contributed by atoms with Crippen molar-refractivity contribution >= 4 is 13.7 Å². The number of hydrogen-bond acceptors (Lipinski definition) is 7. The first-order valence-electron chi connectivity index (χ1n) is 20.7. The molecule has 10 heteroatoms. The maximum Gasteiger partial charge on any atom is 0.268 e. The Bertz CT molecular complexity index is 1070. The van der Waals surface area contributed by atoms with Gasteiger partial charge >= 0.3 is 0 Å². The van der Waals surface area contributed by atoms with Crippen LogP contribution in [0.2, 0.25) is 0 Å². The minimum atomic E-state index is -4.61. The standard InChI is InChI=1S/C43H79N2O7P/c1-6-8-10-11-12-13-14-15-19-22-25-28-31-35-42(47)41(39-52-53(49,50)51-38-37-45(3,4)5)44-43(48)36-32-29-26-23-20-17-16-18-21-24-27-30-34-40(46)33-9-7-2/h16-17,21,23-24,26,30-31,34-35,40-42,46-47H,6-15,18-20,22,25,27-29,32-33,36-39H2,1-5H3,(H-,44,48,49,50)/b17-16-,24-21-,26-23-,34-30-,35-31+/t40-,41+,42-/m1/s1. The molecule has 0 saturated carbocycles. The summed E-state index contributed by atoms with van der Waals surface area (Å²) in [6.07, 6.45) is 40.3. The van der Waals surface area contributed by atoms with E-state index in [1.807, 2.05) is 39.4 Å². The summed E-state index contributed by atoms with van der Waals surface area (Å²) in [5.74, 6) is -0.270. The van der Waals surface area contributed by atoms with Crippen LogP contribution in [0.1, 0.15) is 149 Å². The fraction of sp³-hybridized carbons (Fsp3) is 0.744. The largest absolute Gasteiger partial charge is 0.756 e. The predicted molar refractivity (Wildman–Crippen MR) is 220 cm³/mol. The number of nitrogens with one attached hydrogen (secondary N) is 1. The van der Waals surface area contributed by atoms with Gasteiger partial charge in [0.2, 0.25) is 5.91 Å². The molecule has 0 heterocycles. The second-order valence-electron chi connectivity index (χ2n) is 15.2. The van der Waals surface area contributed by atoms with Gasteiger partial charge in [0.15, 0.2) is 0 Å². The van der Waals surface area contributed by atoms with E-state index in [9.17, 15) is 24.5 Å². The molecule has 1 amide bonds. The number of amides is 1. The number of phosphoric acid groups is 1. The van der Waals surface area contributed by atoms with Crippen molar-refractivity contribution in [1.82, 2.24) is 5.32 Å². The van der Waals surface area contributed by atoms with Gasteiger partial charge < -0.3 is 34.0 Å². The van der Waals surface area contributed by atoms with Gasteiger partial charge in [-0.1, -0.05) is 152 Å². The number of carbonyl (C=O) groups is 1. The fourth-order valence-corrected chi connectivity index (χ4v) is 6.12. The maximum atomic E-state index is 12.8. The zero-order valence-electron chi connectivity index (χ0n) is 34.3. The summed E-state index contributed by atoms with van der Waals surface area (Å²) in [5, 5.41) is 23.5. The van der Waals surface area contributed by atoms with Crippen LogP contribution < -0.4 is 10.2 Å². The van der Waals surface area contributed by atoms with Crippen LogP contribution in [-0.4, -0.2) is 79.8 Å². The highest BCUT2D eigenvalue weighted by Gasteiger charge is 2.23. The topological polar surface area (TPSA) is 128 Å². The lowest BCUT2D eigenvalue weighted by Crippen LogP contribution is -2.45. The Hall–Kier alpha value is -1.84. The normalized spacial score (nSPS) is 15.7. The number of unbranched alkanes of at least 4 members (excludes halogenated alkanes) is 13. The van der Waals surface area contributed by atoms with Gasteiger partial charge in [-0.05, 0) is 51.4 Å². The van der Waals surface area contributed by atoms with Gasteiger partial charge in [-0.15, -0.1) is 0 Å². The number of carbonyl (C=O) groups excluding carboxylic acids is 1. The molecule has 0 aliphatic rings. The Kier molecular flexibility index (Phi) is 33.4. The molecule has 0 aromatic carbocycles. The van der Waals surface area contributed by atoms with Crippen LogP contribution in [0.3, 0.4) is 0 Å². The van der Waals surface area contributed by atoms with Crippen LogP contribution in [-0.2, 0) is 18.4 Å². The summed E-state index contributed by atoms with van der Waals surface area (Å²) in [6, 6.07) is -0.927. The number of allylic oxidation sites excluding steroid dienone is 8. The molecule has 1 unspecified atom stereocenters. The van der Waals surface area contributed by atoms with E-state index >= 15 is 0 Å². The molecule has 0 aromatic rings. The molecule has 0 fully saturated rings. The first kappa shape index (κ1) is 51.2. The van der Waals surface area contributed by atoms with Crippen LogP contribution in [0.4, 0.5) is 0 Å². The van der Waals surface area contributed by atoms with Crippen LogP contribution >= 0.6 is 7.82 Å². The van der Waals surface area contributed by atoms with Crippen molar-refractivity contribution in [3.63, 3.8) is 0 Å². The van der Waals surface area contributed by atoms with E-state index in [4.69, 9.17) is 9.05 Å². The summed E-state index contributed by atoms with van der Waals surface area (Å²) in [6.45, 7) is 4.41. The summed E-state index contributed by atoms with van der Waals surface area (Å²) >= 11 is 0. The molecule has 53 heavy (non-hydrogen) atoms. The summed E-state index contributed by atoms with van der Waals surface area (Å²) < 4.78 is 23.1. The van der Waals surface area contributed by atoms with Crippen molar-refractivity contribution in [2.75, 3.05) is 40.9 Å². The second-order valence-corrected chi connectivity index (χ2v) is 16.6. The molecule has 0 aliphatic carbocycles. The monoisotopic (exact) mass is 767 g/mol. The highest BCUT2D eigenvalue weighted by molar-refractivity contribution is 7.45. The molecule has 3 N–H and O–H groups in total. The van der Waals surface area contributed by atoms with E-state index in [0.717, 1.165) is 64.2 Å². The number of aliphatic hydroxyl groups is 2. The quantitative estimate of drug-likeness (QED) is 0.0251. The molecule has 0 aliphatic heterocycles. The van der Waals surface area contributed by atoms with E-state index in [1.165, 1.54) is 57.8 Å². The molecule has 4 atom stereocenters. The lowest BCUT2D eigenvalue weighted by atomic mass is 10.0. The molecule has 308 valence electrons. The lowest BCUT2D eigenvalue weighted by molar-refractivity contribution is -0.870. The van der Waals surface area contributed by atoms with Crippen molar-refractivity contribution in [2.24, 2.45) is 0 Å². The lowest BCUT2D eigenvalue weighted by Gasteiger charge is -2.29. The highest BCUT2D eigenvalue weighted by atomic mass is 31.2. The van der Waals surface area contributed by atoms with Crippen LogP contribution in [0.25, 0.3) is 0 Å². The number of aliphatic hydroxyl groups excluding tert-OH is 2. The molecule has 0 bridgehead atoms. The number of quaternary nitrogens is 1. The number of nitrogens with zero attached hydrogens (tertiary/aromatic N) is 1. The van der Waals surface area contributed by atoms with E-state index < -0.39 is 26.6 Å². The van der Waals surface area contributed by atoms with E-state index in [2.05, 4.69) is 55.6 Å². The van der Waals surface area contributed by atoms with Gasteiger partial charge in [-0.3, -0.25) is 9.36 Å². The summed E-state index contributed by atoms with van der Waals surface area (Å²) in [7, 11) is 1.19. The van der Waals surface area contributed by atoms with Crippen molar-refractivity contribution in [3.8, 4) is 0 Å². The predicted octanol–water partition coefficient (Wildman–Crippen LogP) is 9.41. The maximum absolute atomic E-state index is 12.8. The van der Waals surface area contributed by atoms with Crippen molar-refractivity contribution in [3.05, 3.63) is 60.8 Å². The Labute approximate surface area is 324 Å². The third kappa shape index (κ3) is 36.9. The molecular weight excluding hydrogens is 687 g/mol. The minimum absolute atomic E-state index is 0.0212. The first-order chi connectivity index (χ1) is 25.4. The highest BCUT2D eigenvalue weighted by Crippen LogP contribution is 2.38. The Morgan fingerprint density at radius 1 is 0.698 bits per heavy atom. The molecule has 0 saturated heterocycles. The number of phosphoric ester groups is 1. The Balaban J connectivity index is 4.63. The van der Waals surface area contributed by atoms with Crippen molar-refractivity contribution in [2.45, 2.75) is 167 Å². The average Bonchev–Trinajstić information content (AvgIpc) is 3.10. The minimum Gasteiger partial charge on any atom is -0.756 e. The second kappa shape index (κ2) is 34.6. The number of rotatable bonds is 36. The van der Waals surface area contributed by atoms with E-state index in [0.29, 0.717) is 17.4 Å². The van der Waals surface area contributed by atoms with Crippen molar-refractivity contribution < 1.29 is 38.0 Å². The number of likely N-dealkylation sites (N-methyl/N-ethyl adjacent to an activating group) is 1. The summed E-state index contributed by atoms with van der Waals surface area (Å²) in [5.41, 5.74) is 0.